The largest absolute Gasteiger partial charge is 0.497 e. The fraction of sp³-hybridized carbons (Fsp3) is 0.343. The van der Waals surface area contributed by atoms with E-state index in [1.807, 2.05) is 67.6 Å². The summed E-state index contributed by atoms with van der Waals surface area (Å²) in [6.45, 7) is 6.62. The lowest BCUT2D eigenvalue weighted by Crippen LogP contribution is -2.37. The van der Waals surface area contributed by atoms with E-state index in [1.165, 1.54) is 0 Å². The van der Waals surface area contributed by atoms with E-state index in [0.717, 1.165) is 89.3 Å². The van der Waals surface area contributed by atoms with Gasteiger partial charge in [0.05, 0.1) is 32.8 Å². The van der Waals surface area contributed by atoms with Crippen LogP contribution >= 0.6 is 11.8 Å². The quantitative estimate of drug-likeness (QED) is 0.132. The summed E-state index contributed by atoms with van der Waals surface area (Å²) in [4.78, 5) is 19.6. The van der Waals surface area contributed by atoms with Crippen LogP contribution in [0.25, 0.3) is 16.6 Å². The van der Waals surface area contributed by atoms with Crippen LogP contribution in [-0.2, 0) is 22.4 Å². The zero-order valence-electron chi connectivity index (χ0n) is 25.9. The number of benzene rings is 3. The fourth-order valence-electron chi connectivity index (χ4n) is 5.88. The number of ether oxygens (including phenoxy) is 2. The molecule has 9 nitrogen and oxygen atoms in total. The van der Waals surface area contributed by atoms with Gasteiger partial charge in [-0.2, -0.15) is 0 Å². The Morgan fingerprint density at radius 2 is 1.78 bits per heavy atom. The number of nitrogens with zero attached hydrogens (tertiary/aromatic N) is 4. The van der Waals surface area contributed by atoms with Gasteiger partial charge in [0, 0.05) is 41.1 Å². The normalized spacial score (nSPS) is 14.4. The number of nitrogens with one attached hydrogen (secondary N) is 2. The highest BCUT2D eigenvalue weighted by atomic mass is 32.2. The van der Waals surface area contributed by atoms with E-state index in [9.17, 15) is 4.79 Å². The summed E-state index contributed by atoms with van der Waals surface area (Å²) < 4.78 is 13.0. The zero-order chi connectivity index (χ0) is 31.0. The first kappa shape index (κ1) is 30.9. The Morgan fingerprint density at radius 1 is 1.02 bits per heavy atom. The van der Waals surface area contributed by atoms with Crippen molar-refractivity contribution < 1.29 is 14.3 Å². The van der Waals surface area contributed by atoms with Gasteiger partial charge in [0.1, 0.15) is 5.75 Å². The number of aromatic nitrogens is 4. The number of methoxy groups -OCH3 is 1. The Labute approximate surface area is 268 Å². The van der Waals surface area contributed by atoms with Gasteiger partial charge in [-0.15, -0.1) is 10.2 Å². The molecule has 1 amide bonds. The molecule has 1 fully saturated rings. The molecule has 3 aromatic carbocycles. The fourth-order valence-corrected chi connectivity index (χ4v) is 6.76. The van der Waals surface area contributed by atoms with Gasteiger partial charge in [-0.05, 0) is 67.8 Å². The molecule has 0 bridgehead atoms. The topological polar surface area (TPSA) is 97.3 Å². The van der Waals surface area contributed by atoms with Gasteiger partial charge in [-0.25, -0.2) is 0 Å². The van der Waals surface area contributed by atoms with Gasteiger partial charge in [0.25, 0.3) is 0 Å². The summed E-state index contributed by atoms with van der Waals surface area (Å²) in [6, 6.07) is 25.8. The monoisotopic (exact) mass is 624 g/mol. The number of H-pyrrole nitrogens is 1. The third kappa shape index (κ3) is 7.58. The molecule has 1 aliphatic rings. The molecular weight excluding hydrogens is 584 g/mol. The van der Waals surface area contributed by atoms with Gasteiger partial charge in [0.2, 0.25) is 5.91 Å². The average Bonchev–Trinajstić information content (AvgIpc) is 3.64. The Morgan fingerprint density at radius 3 is 2.56 bits per heavy atom. The smallest absolute Gasteiger partial charge is 0.225 e. The number of para-hydroxylation sites is 1. The highest BCUT2D eigenvalue weighted by Gasteiger charge is 2.26. The summed E-state index contributed by atoms with van der Waals surface area (Å²) in [5.74, 6) is 2.31. The minimum atomic E-state index is -0.400. The van der Waals surface area contributed by atoms with Crippen molar-refractivity contribution in [2.24, 2.45) is 0 Å². The highest BCUT2D eigenvalue weighted by molar-refractivity contribution is 7.99. The standard InChI is InChI=1S/C35H40N6O3S/c1-25-30(29-11-6-7-12-31(29)36-25)24-33(42)37-32(23-26-9-4-3-5-10-26)34-38-39-35(41(34)27-13-15-28(43-2)16-14-27)45-22-8-17-40-18-20-44-21-19-40/h3-7,9-16,32,36H,8,17-24H2,1-2H3,(H,37,42)/t32-/m0/s1. The van der Waals surface area contributed by atoms with Crippen LogP contribution in [0.1, 0.15) is 35.1 Å². The number of fused-ring (bicyclic) bond motifs is 1. The first-order chi connectivity index (χ1) is 22.1. The van der Waals surface area contributed by atoms with Crippen molar-refractivity contribution in [3.8, 4) is 11.4 Å². The van der Waals surface area contributed by atoms with Crippen molar-refractivity contribution in [3.63, 3.8) is 0 Å². The van der Waals surface area contributed by atoms with Gasteiger partial charge >= 0.3 is 0 Å². The molecular formula is C35H40N6O3S. The molecule has 0 aliphatic carbocycles. The SMILES string of the molecule is COc1ccc(-n2c(SCCCN3CCOCC3)nnc2[C@H](Cc2ccccc2)NC(=O)Cc2c(C)[nH]c3ccccc23)cc1. The Bertz CT molecular complexity index is 1700. The van der Waals surface area contributed by atoms with E-state index >= 15 is 0 Å². The first-order valence-corrected chi connectivity index (χ1v) is 16.5. The number of aryl methyl sites for hydroxylation is 1. The van der Waals surface area contributed by atoms with E-state index < -0.39 is 6.04 Å². The number of amides is 1. The van der Waals surface area contributed by atoms with E-state index in [1.54, 1.807) is 18.9 Å². The molecule has 1 saturated heterocycles. The molecule has 10 heteroatoms. The molecule has 0 spiro atoms. The molecule has 0 radical (unpaired) electrons. The molecule has 45 heavy (non-hydrogen) atoms. The minimum Gasteiger partial charge on any atom is -0.497 e. The van der Waals surface area contributed by atoms with Crippen molar-refractivity contribution in [1.82, 2.24) is 30.0 Å². The predicted octanol–water partition coefficient (Wildman–Crippen LogP) is 5.52. The number of thioether (sulfide) groups is 1. The number of morpholine rings is 1. The maximum atomic E-state index is 13.8. The lowest BCUT2D eigenvalue weighted by molar-refractivity contribution is -0.121. The van der Waals surface area contributed by atoms with Crippen LogP contribution in [0.4, 0.5) is 0 Å². The molecule has 1 atom stereocenters. The van der Waals surface area contributed by atoms with Gasteiger partial charge in [0.15, 0.2) is 11.0 Å². The third-order valence-corrected chi connectivity index (χ3v) is 9.25. The summed E-state index contributed by atoms with van der Waals surface area (Å²) in [7, 11) is 1.66. The lowest BCUT2D eigenvalue weighted by Gasteiger charge is -2.26. The second-order valence-corrected chi connectivity index (χ2v) is 12.4. The van der Waals surface area contributed by atoms with E-state index in [4.69, 9.17) is 14.6 Å². The zero-order valence-corrected chi connectivity index (χ0v) is 26.7. The predicted molar refractivity (Wildman–Crippen MR) is 178 cm³/mol. The number of hydrogen-bond acceptors (Lipinski definition) is 7. The van der Waals surface area contributed by atoms with Crippen LogP contribution in [0, 0.1) is 6.92 Å². The van der Waals surface area contributed by atoms with Crippen LogP contribution in [0.5, 0.6) is 5.75 Å². The van der Waals surface area contributed by atoms with Crippen molar-refractivity contribution >= 4 is 28.6 Å². The molecule has 0 unspecified atom stereocenters. The van der Waals surface area contributed by atoms with E-state index in [-0.39, 0.29) is 12.3 Å². The van der Waals surface area contributed by atoms with Gasteiger partial charge < -0.3 is 19.8 Å². The van der Waals surface area contributed by atoms with Crippen molar-refractivity contribution in [2.45, 2.75) is 37.4 Å². The lowest BCUT2D eigenvalue weighted by atomic mass is 10.0. The van der Waals surface area contributed by atoms with Crippen LogP contribution in [0.3, 0.4) is 0 Å². The van der Waals surface area contributed by atoms with Crippen molar-refractivity contribution in [3.05, 3.63) is 102 Å². The second-order valence-electron chi connectivity index (χ2n) is 11.3. The summed E-state index contributed by atoms with van der Waals surface area (Å²) in [5, 5.41) is 14.6. The number of rotatable bonds is 13. The summed E-state index contributed by atoms with van der Waals surface area (Å²) in [5.41, 5.74) is 5.08. The molecule has 1 aliphatic heterocycles. The molecule has 2 aromatic heterocycles. The van der Waals surface area contributed by atoms with Crippen molar-refractivity contribution in [1.29, 1.82) is 0 Å². The number of aromatic amines is 1. The Hall–Kier alpha value is -4.12. The summed E-state index contributed by atoms with van der Waals surface area (Å²) >= 11 is 1.69. The maximum Gasteiger partial charge on any atom is 0.225 e. The molecule has 6 rings (SSSR count). The average molecular weight is 625 g/mol. The Kier molecular flexibility index (Phi) is 10.1. The highest BCUT2D eigenvalue weighted by Crippen LogP contribution is 2.29. The molecule has 5 aromatic rings. The van der Waals surface area contributed by atoms with Gasteiger partial charge in [-0.3, -0.25) is 14.3 Å². The van der Waals surface area contributed by atoms with Gasteiger partial charge in [-0.1, -0.05) is 60.3 Å². The number of carbonyl (C=O) groups is 1. The Balaban J connectivity index is 1.28. The van der Waals surface area contributed by atoms with Crippen molar-refractivity contribution in [2.75, 3.05) is 45.7 Å². The molecule has 234 valence electrons. The van der Waals surface area contributed by atoms with Crippen LogP contribution in [0.15, 0.2) is 84.0 Å². The number of hydrogen-bond donors (Lipinski definition) is 2. The molecule has 3 heterocycles. The molecule has 0 saturated carbocycles. The minimum absolute atomic E-state index is 0.0622. The summed E-state index contributed by atoms with van der Waals surface area (Å²) in [6.07, 6.45) is 1.88. The number of carbonyl (C=O) groups excluding carboxylic acids is 1. The third-order valence-electron chi connectivity index (χ3n) is 8.24. The molecule has 2 N–H and O–H groups in total. The van der Waals surface area contributed by atoms with E-state index in [0.29, 0.717) is 12.2 Å². The van der Waals surface area contributed by atoms with Crippen LogP contribution in [-0.4, -0.2) is 76.3 Å². The van der Waals surface area contributed by atoms with Crippen LogP contribution in [0.2, 0.25) is 0 Å². The maximum absolute atomic E-state index is 13.8. The first-order valence-electron chi connectivity index (χ1n) is 15.5. The van der Waals surface area contributed by atoms with E-state index in [2.05, 4.69) is 43.1 Å². The van der Waals surface area contributed by atoms with Crippen LogP contribution < -0.4 is 10.1 Å². The second kappa shape index (κ2) is 14.8.